The van der Waals surface area contributed by atoms with Crippen molar-refractivity contribution in [1.29, 1.82) is 0 Å². The van der Waals surface area contributed by atoms with Gasteiger partial charge in [0.15, 0.2) is 0 Å². The molecule has 0 spiro atoms. The highest BCUT2D eigenvalue weighted by Crippen LogP contribution is 2.17. The Balaban J connectivity index is 2.68. The molecule has 0 aliphatic heterocycles. The molecule has 0 saturated carbocycles. The predicted molar refractivity (Wildman–Crippen MR) is 76.8 cm³/mol. The maximum atomic E-state index is 11.9. The fourth-order valence-corrected chi connectivity index (χ4v) is 1.81. The van der Waals surface area contributed by atoms with E-state index in [0.717, 1.165) is 5.56 Å². The SMILES string of the molecule is COC(=O)CC(NC(=O)CCC(C)N)c1ccccc1. The van der Waals surface area contributed by atoms with E-state index in [4.69, 9.17) is 5.73 Å². The lowest BCUT2D eigenvalue weighted by molar-refractivity contribution is -0.141. The van der Waals surface area contributed by atoms with Crippen molar-refractivity contribution < 1.29 is 14.3 Å². The molecule has 0 heterocycles. The van der Waals surface area contributed by atoms with Crippen LogP contribution in [0.1, 0.15) is 37.8 Å². The number of amides is 1. The number of carbonyl (C=O) groups is 2. The molecule has 0 radical (unpaired) electrons. The molecule has 0 fully saturated rings. The lowest BCUT2D eigenvalue weighted by atomic mass is 10.0. The standard InChI is InChI=1S/C15H22N2O3/c1-11(16)8-9-14(18)17-13(10-15(19)20-2)12-6-4-3-5-7-12/h3-7,11,13H,8-10,16H2,1-2H3,(H,17,18). The maximum absolute atomic E-state index is 11.9. The Morgan fingerprint density at radius 2 is 1.95 bits per heavy atom. The van der Waals surface area contributed by atoms with Crippen molar-refractivity contribution in [3.8, 4) is 0 Å². The van der Waals surface area contributed by atoms with E-state index < -0.39 is 0 Å². The number of methoxy groups -OCH3 is 1. The van der Waals surface area contributed by atoms with Crippen molar-refractivity contribution in [3.05, 3.63) is 35.9 Å². The van der Waals surface area contributed by atoms with Gasteiger partial charge in [0.2, 0.25) is 5.91 Å². The van der Waals surface area contributed by atoms with Gasteiger partial charge in [-0.3, -0.25) is 9.59 Å². The van der Waals surface area contributed by atoms with Gasteiger partial charge in [0.05, 0.1) is 19.6 Å². The summed E-state index contributed by atoms with van der Waals surface area (Å²) in [6.45, 7) is 1.86. The van der Waals surface area contributed by atoms with Gasteiger partial charge < -0.3 is 15.8 Å². The Morgan fingerprint density at radius 1 is 1.30 bits per heavy atom. The molecular weight excluding hydrogens is 256 g/mol. The smallest absolute Gasteiger partial charge is 0.307 e. The minimum Gasteiger partial charge on any atom is -0.469 e. The molecule has 1 rings (SSSR count). The van der Waals surface area contributed by atoms with E-state index in [2.05, 4.69) is 10.1 Å². The van der Waals surface area contributed by atoms with Crippen molar-refractivity contribution >= 4 is 11.9 Å². The summed E-state index contributed by atoms with van der Waals surface area (Å²) in [5.74, 6) is -0.466. The number of rotatable bonds is 7. The molecule has 0 bridgehead atoms. The van der Waals surface area contributed by atoms with Gasteiger partial charge in [-0.1, -0.05) is 30.3 Å². The van der Waals surface area contributed by atoms with Crippen LogP contribution in [0.5, 0.6) is 0 Å². The highest BCUT2D eigenvalue weighted by Gasteiger charge is 2.18. The zero-order valence-electron chi connectivity index (χ0n) is 12.0. The number of carbonyl (C=O) groups excluding carboxylic acids is 2. The van der Waals surface area contributed by atoms with E-state index in [-0.39, 0.29) is 30.4 Å². The van der Waals surface area contributed by atoms with E-state index in [9.17, 15) is 9.59 Å². The second kappa shape index (κ2) is 8.32. The largest absolute Gasteiger partial charge is 0.469 e. The number of nitrogens with two attached hydrogens (primary N) is 1. The van der Waals surface area contributed by atoms with Crippen LogP contribution in [0.2, 0.25) is 0 Å². The number of nitrogens with one attached hydrogen (secondary N) is 1. The fraction of sp³-hybridized carbons (Fsp3) is 0.467. The fourth-order valence-electron chi connectivity index (χ4n) is 1.81. The van der Waals surface area contributed by atoms with Crippen LogP contribution in [-0.4, -0.2) is 25.0 Å². The van der Waals surface area contributed by atoms with Crippen molar-refractivity contribution in [3.63, 3.8) is 0 Å². The van der Waals surface area contributed by atoms with Gasteiger partial charge in [0, 0.05) is 12.5 Å². The Morgan fingerprint density at radius 3 is 2.50 bits per heavy atom. The zero-order valence-corrected chi connectivity index (χ0v) is 12.0. The molecule has 0 aliphatic carbocycles. The Labute approximate surface area is 119 Å². The third kappa shape index (κ3) is 5.84. The van der Waals surface area contributed by atoms with Crippen molar-refractivity contribution in [2.45, 2.75) is 38.3 Å². The van der Waals surface area contributed by atoms with E-state index in [1.807, 2.05) is 37.3 Å². The van der Waals surface area contributed by atoms with Crippen molar-refractivity contribution in [2.24, 2.45) is 5.73 Å². The molecular formula is C15H22N2O3. The van der Waals surface area contributed by atoms with Crippen LogP contribution in [-0.2, 0) is 14.3 Å². The molecule has 1 amide bonds. The Hall–Kier alpha value is -1.88. The van der Waals surface area contributed by atoms with Gasteiger partial charge in [0.25, 0.3) is 0 Å². The van der Waals surface area contributed by atoms with Crippen LogP contribution >= 0.6 is 0 Å². The normalized spacial score (nSPS) is 13.3. The number of hydrogen-bond donors (Lipinski definition) is 2. The molecule has 0 aliphatic rings. The van der Waals surface area contributed by atoms with E-state index >= 15 is 0 Å². The van der Waals surface area contributed by atoms with Crippen molar-refractivity contribution in [2.75, 3.05) is 7.11 Å². The van der Waals surface area contributed by atoms with Gasteiger partial charge in [-0.15, -0.1) is 0 Å². The summed E-state index contributed by atoms with van der Waals surface area (Å²) < 4.78 is 4.67. The molecule has 5 nitrogen and oxygen atoms in total. The molecule has 0 saturated heterocycles. The summed E-state index contributed by atoms with van der Waals surface area (Å²) in [5, 5.41) is 2.86. The number of benzene rings is 1. The highest BCUT2D eigenvalue weighted by molar-refractivity contribution is 5.78. The summed E-state index contributed by atoms with van der Waals surface area (Å²) in [6, 6.07) is 8.98. The topological polar surface area (TPSA) is 81.4 Å². The van der Waals surface area contributed by atoms with Crippen LogP contribution in [0.15, 0.2) is 30.3 Å². The minimum absolute atomic E-state index is 0.0171. The van der Waals surface area contributed by atoms with Gasteiger partial charge in [0.1, 0.15) is 0 Å². The van der Waals surface area contributed by atoms with Crippen LogP contribution in [0, 0.1) is 0 Å². The summed E-state index contributed by atoms with van der Waals surface area (Å²) in [5.41, 5.74) is 6.51. The molecule has 3 N–H and O–H groups in total. The molecule has 2 unspecified atom stereocenters. The van der Waals surface area contributed by atoms with Crippen LogP contribution in [0.3, 0.4) is 0 Å². The van der Waals surface area contributed by atoms with E-state index in [0.29, 0.717) is 12.8 Å². The molecule has 20 heavy (non-hydrogen) atoms. The first-order valence-corrected chi connectivity index (χ1v) is 6.69. The van der Waals surface area contributed by atoms with Gasteiger partial charge in [-0.05, 0) is 18.9 Å². The molecule has 1 aromatic carbocycles. The second-order valence-electron chi connectivity index (χ2n) is 4.83. The monoisotopic (exact) mass is 278 g/mol. The highest BCUT2D eigenvalue weighted by atomic mass is 16.5. The first-order valence-electron chi connectivity index (χ1n) is 6.69. The lowest BCUT2D eigenvalue weighted by Gasteiger charge is -2.18. The first kappa shape index (κ1) is 16.2. The molecule has 1 aromatic rings. The molecule has 0 aromatic heterocycles. The van der Waals surface area contributed by atoms with Gasteiger partial charge in [-0.25, -0.2) is 0 Å². The Kier molecular flexibility index (Phi) is 6.73. The number of esters is 1. The Bertz CT molecular complexity index is 432. The van der Waals surface area contributed by atoms with E-state index in [1.54, 1.807) is 0 Å². The van der Waals surface area contributed by atoms with Gasteiger partial charge >= 0.3 is 5.97 Å². The first-order chi connectivity index (χ1) is 9.52. The summed E-state index contributed by atoms with van der Waals surface area (Å²) in [6.07, 6.45) is 1.08. The second-order valence-corrected chi connectivity index (χ2v) is 4.83. The average molecular weight is 278 g/mol. The van der Waals surface area contributed by atoms with Crippen molar-refractivity contribution in [1.82, 2.24) is 5.32 Å². The van der Waals surface area contributed by atoms with Crippen LogP contribution in [0.4, 0.5) is 0 Å². The molecule has 5 heteroatoms. The molecule has 2 atom stereocenters. The minimum atomic E-state index is -0.371. The number of hydrogen-bond acceptors (Lipinski definition) is 4. The van der Waals surface area contributed by atoms with Gasteiger partial charge in [-0.2, -0.15) is 0 Å². The maximum Gasteiger partial charge on any atom is 0.307 e. The third-order valence-electron chi connectivity index (χ3n) is 2.96. The number of ether oxygens (including phenoxy) is 1. The zero-order chi connectivity index (χ0) is 15.0. The quantitative estimate of drug-likeness (QED) is 0.741. The summed E-state index contributed by atoms with van der Waals surface area (Å²) in [7, 11) is 1.34. The van der Waals surface area contributed by atoms with Crippen LogP contribution in [0.25, 0.3) is 0 Å². The predicted octanol–water partition coefficient (Wildman–Crippen LogP) is 1.53. The molecule has 110 valence electrons. The average Bonchev–Trinajstić information content (AvgIpc) is 2.45. The van der Waals surface area contributed by atoms with Crippen LogP contribution < -0.4 is 11.1 Å². The third-order valence-corrected chi connectivity index (χ3v) is 2.96. The lowest BCUT2D eigenvalue weighted by Crippen LogP contribution is -2.31. The summed E-state index contributed by atoms with van der Waals surface area (Å²) in [4.78, 5) is 23.3. The summed E-state index contributed by atoms with van der Waals surface area (Å²) >= 11 is 0. The van der Waals surface area contributed by atoms with E-state index in [1.165, 1.54) is 7.11 Å².